The average Bonchev–Trinajstić information content (AvgIpc) is 2.67. The number of hydrogen-bond donors (Lipinski definition) is 1. The van der Waals surface area contributed by atoms with E-state index in [-0.39, 0.29) is 5.96 Å². The minimum absolute atomic E-state index is 0.260. The topological polar surface area (TPSA) is 91.4 Å². The molecule has 7 heteroatoms. The third kappa shape index (κ3) is 5.22. The molecule has 0 spiro atoms. The van der Waals surface area contributed by atoms with Crippen LogP contribution in [0.4, 0.5) is 0 Å². The number of aromatic nitrogens is 1. The van der Waals surface area contributed by atoms with E-state index in [9.17, 15) is 0 Å². The molecular weight excluding hydrogens is 262 g/mol. The average molecular weight is 281 g/mol. The summed E-state index contributed by atoms with van der Waals surface area (Å²) in [6, 6.07) is 0. The van der Waals surface area contributed by atoms with E-state index >= 15 is 0 Å². The number of nitriles is 1. The molecule has 1 heterocycles. The fourth-order valence-corrected chi connectivity index (χ4v) is 2.47. The van der Waals surface area contributed by atoms with E-state index in [2.05, 4.69) is 9.98 Å². The van der Waals surface area contributed by atoms with Gasteiger partial charge < -0.3 is 15.1 Å². The van der Waals surface area contributed by atoms with Crippen LogP contribution in [0.25, 0.3) is 0 Å². The first kappa shape index (κ1) is 15.4. The minimum atomic E-state index is 0.260. The highest BCUT2D eigenvalue weighted by Crippen LogP contribution is 2.16. The molecule has 6 nitrogen and oxygen atoms in total. The Balaban J connectivity index is 2.20. The molecule has 0 bridgehead atoms. The van der Waals surface area contributed by atoms with Crippen molar-refractivity contribution in [3.63, 3.8) is 0 Å². The molecule has 0 aromatic carbocycles. The molecule has 0 saturated heterocycles. The molecule has 0 atom stereocenters. The lowest BCUT2D eigenvalue weighted by Gasteiger charge is -2.16. The van der Waals surface area contributed by atoms with Gasteiger partial charge in [0.2, 0.25) is 12.2 Å². The van der Waals surface area contributed by atoms with Crippen LogP contribution in [-0.4, -0.2) is 35.2 Å². The van der Waals surface area contributed by atoms with Crippen LogP contribution in [0.3, 0.4) is 0 Å². The predicted molar refractivity (Wildman–Crippen MR) is 76.6 cm³/mol. The summed E-state index contributed by atoms with van der Waals surface area (Å²) >= 11 is 1.81. The van der Waals surface area contributed by atoms with Gasteiger partial charge in [-0.05, 0) is 19.1 Å². The standard InChI is InChI=1S/C12H19N5OS/c1-9-11(16-10(2)18-9)7-19-6-4-5-17(3)12(14)15-8-13/h4-7H2,1-3H3,(H2,14,15). The zero-order valence-electron chi connectivity index (χ0n) is 11.5. The van der Waals surface area contributed by atoms with Crippen molar-refractivity contribution >= 4 is 17.7 Å². The Morgan fingerprint density at radius 2 is 2.32 bits per heavy atom. The largest absolute Gasteiger partial charge is 0.446 e. The fourth-order valence-electron chi connectivity index (χ4n) is 1.53. The molecule has 0 fully saturated rings. The summed E-state index contributed by atoms with van der Waals surface area (Å²) in [7, 11) is 1.83. The highest BCUT2D eigenvalue weighted by Gasteiger charge is 2.06. The van der Waals surface area contributed by atoms with Crippen LogP contribution >= 0.6 is 11.8 Å². The van der Waals surface area contributed by atoms with Crippen LogP contribution in [0.15, 0.2) is 9.41 Å². The summed E-state index contributed by atoms with van der Waals surface area (Å²) in [5.41, 5.74) is 6.60. The first-order chi connectivity index (χ1) is 9.04. The van der Waals surface area contributed by atoms with Gasteiger partial charge in [0, 0.05) is 26.3 Å². The van der Waals surface area contributed by atoms with Gasteiger partial charge in [0.05, 0.1) is 5.69 Å². The Morgan fingerprint density at radius 3 is 2.89 bits per heavy atom. The van der Waals surface area contributed by atoms with E-state index in [1.807, 2.05) is 20.9 Å². The molecule has 0 amide bonds. The summed E-state index contributed by atoms with van der Waals surface area (Å²) in [4.78, 5) is 9.58. The molecule has 19 heavy (non-hydrogen) atoms. The minimum Gasteiger partial charge on any atom is -0.446 e. The molecule has 0 radical (unpaired) electrons. The lowest BCUT2D eigenvalue weighted by atomic mass is 10.4. The lowest BCUT2D eigenvalue weighted by molar-refractivity contribution is 0.493. The number of nitrogens with zero attached hydrogens (tertiary/aromatic N) is 4. The van der Waals surface area contributed by atoms with Crippen molar-refractivity contribution in [2.24, 2.45) is 10.7 Å². The quantitative estimate of drug-likeness (QED) is 0.369. The molecule has 2 N–H and O–H groups in total. The van der Waals surface area contributed by atoms with Crippen molar-refractivity contribution in [1.29, 1.82) is 5.26 Å². The van der Waals surface area contributed by atoms with E-state index < -0.39 is 0 Å². The molecule has 0 aliphatic carbocycles. The molecule has 1 aromatic rings. The van der Waals surface area contributed by atoms with E-state index in [4.69, 9.17) is 15.4 Å². The maximum Gasteiger partial charge on any atom is 0.209 e. The van der Waals surface area contributed by atoms with Crippen LogP contribution in [0.2, 0.25) is 0 Å². The van der Waals surface area contributed by atoms with Crippen molar-refractivity contribution in [3.8, 4) is 6.19 Å². The second-order valence-corrected chi connectivity index (χ2v) is 5.24. The number of nitrogens with two attached hydrogens (primary N) is 1. The third-order valence-electron chi connectivity index (χ3n) is 2.58. The normalized spacial score (nSPS) is 11.4. The van der Waals surface area contributed by atoms with Gasteiger partial charge in [-0.1, -0.05) is 0 Å². The van der Waals surface area contributed by atoms with Crippen LogP contribution < -0.4 is 5.73 Å². The summed E-state index contributed by atoms with van der Waals surface area (Å²) in [6.45, 7) is 4.57. The van der Waals surface area contributed by atoms with Crippen LogP contribution in [0, 0.1) is 25.3 Å². The summed E-state index contributed by atoms with van der Waals surface area (Å²) in [5.74, 6) is 3.72. The maximum absolute atomic E-state index is 8.39. The third-order valence-corrected chi connectivity index (χ3v) is 3.63. The van der Waals surface area contributed by atoms with Gasteiger partial charge in [-0.25, -0.2) is 4.98 Å². The second-order valence-electron chi connectivity index (χ2n) is 4.13. The number of aryl methyl sites for hydroxylation is 2. The van der Waals surface area contributed by atoms with Crippen molar-refractivity contribution in [2.45, 2.75) is 26.0 Å². The Kier molecular flexibility index (Phi) is 6.22. The van der Waals surface area contributed by atoms with Crippen LogP contribution in [0.1, 0.15) is 23.8 Å². The molecule has 1 rings (SSSR count). The van der Waals surface area contributed by atoms with Crippen LogP contribution in [-0.2, 0) is 5.75 Å². The monoisotopic (exact) mass is 281 g/mol. The van der Waals surface area contributed by atoms with Gasteiger partial charge in [-0.2, -0.15) is 17.0 Å². The van der Waals surface area contributed by atoms with Crippen molar-refractivity contribution in [1.82, 2.24) is 9.88 Å². The zero-order chi connectivity index (χ0) is 14.3. The van der Waals surface area contributed by atoms with Crippen molar-refractivity contribution < 1.29 is 4.42 Å². The number of guanidine groups is 1. The summed E-state index contributed by atoms with van der Waals surface area (Å²) < 4.78 is 5.37. The first-order valence-electron chi connectivity index (χ1n) is 5.98. The highest BCUT2D eigenvalue weighted by atomic mass is 32.2. The van der Waals surface area contributed by atoms with Gasteiger partial charge in [0.1, 0.15) is 5.76 Å². The Hall–Kier alpha value is -1.68. The number of oxazole rings is 1. The van der Waals surface area contributed by atoms with E-state index in [0.717, 1.165) is 35.9 Å². The smallest absolute Gasteiger partial charge is 0.209 e. The highest BCUT2D eigenvalue weighted by molar-refractivity contribution is 7.98. The molecule has 0 saturated carbocycles. The zero-order valence-corrected chi connectivity index (χ0v) is 12.3. The van der Waals surface area contributed by atoms with Gasteiger partial charge in [-0.15, -0.1) is 4.99 Å². The lowest BCUT2D eigenvalue weighted by Crippen LogP contribution is -2.34. The van der Waals surface area contributed by atoms with E-state index in [0.29, 0.717) is 5.89 Å². The van der Waals surface area contributed by atoms with Gasteiger partial charge in [-0.3, -0.25) is 0 Å². The molecular formula is C12H19N5OS. The molecule has 0 aliphatic rings. The number of rotatable bonds is 6. The van der Waals surface area contributed by atoms with Gasteiger partial charge >= 0.3 is 0 Å². The predicted octanol–water partition coefficient (Wildman–Crippen LogP) is 1.64. The Morgan fingerprint density at radius 1 is 1.58 bits per heavy atom. The second kappa shape index (κ2) is 7.69. The number of hydrogen-bond acceptors (Lipinski definition) is 5. The van der Waals surface area contributed by atoms with Gasteiger partial charge in [0.15, 0.2) is 5.89 Å². The van der Waals surface area contributed by atoms with Gasteiger partial charge in [0.25, 0.3) is 0 Å². The maximum atomic E-state index is 8.39. The van der Waals surface area contributed by atoms with Crippen LogP contribution in [0.5, 0.6) is 0 Å². The molecule has 1 aromatic heterocycles. The number of thioether (sulfide) groups is 1. The Labute approximate surface area is 117 Å². The first-order valence-corrected chi connectivity index (χ1v) is 7.14. The summed E-state index contributed by atoms with van der Waals surface area (Å²) in [5, 5.41) is 8.39. The van der Waals surface area contributed by atoms with E-state index in [1.54, 1.807) is 22.9 Å². The van der Waals surface area contributed by atoms with E-state index in [1.165, 1.54) is 0 Å². The number of aliphatic imine (C=N–C) groups is 1. The molecule has 0 unspecified atom stereocenters. The van der Waals surface area contributed by atoms with Crippen molar-refractivity contribution in [2.75, 3.05) is 19.3 Å². The molecule has 0 aliphatic heterocycles. The van der Waals surface area contributed by atoms with Crippen molar-refractivity contribution in [3.05, 3.63) is 17.3 Å². The Bertz CT molecular complexity index is 477. The summed E-state index contributed by atoms with van der Waals surface area (Å²) in [6.07, 6.45) is 2.65. The molecule has 104 valence electrons. The fraction of sp³-hybridized carbons (Fsp3) is 0.583. The SMILES string of the molecule is Cc1nc(CSCCCN(C)C(N)=NC#N)c(C)o1.